The zero-order valence-electron chi connectivity index (χ0n) is 16.5. The van der Waals surface area contributed by atoms with E-state index in [0.29, 0.717) is 0 Å². The average Bonchev–Trinajstić information content (AvgIpc) is 2.81. The van der Waals surface area contributed by atoms with Crippen molar-refractivity contribution in [2.45, 2.75) is 19.6 Å². The Bertz CT molecular complexity index is 1230. The monoisotopic (exact) mass is 522 g/mol. The van der Waals surface area contributed by atoms with Crippen LogP contribution in [-0.2, 0) is 13.7 Å². The van der Waals surface area contributed by atoms with Gasteiger partial charge in [0.2, 0.25) is 0 Å². The molecule has 8 heteroatoms. The molecule has 32 heavy (non-hydrogen) atoms. The standard InChI is InChI=1S/C24H17Cl3O3S2/c25-21-16-23(27)24(17-22(21)26)32(28,29)30-31(18-10-4-1-5-11-18,19-12-6-2-7-13-19)20-14-8-3-9-15-20/h1-17H. The summed E-state index contributed by atoms with van der Waals surface area (Å²) in [4.78, 5) is 1.92. The Balaban J connectivity index is 2.02. The van der Waals surface area contributed by atoms with Crippen molar-refractivity contribution in [2.75, 3.05) is 0 Å². The highest BCUT2D eigenvalue weighted by atomic mass is 35.5. The lowest BCUT2D eigenvalue weighted by molar-refractivity contribution is 0.508. The van der Waals surface area contributed by atoms with Crippen molar-refractivity contribution in [1.29, 1.82) is 0 Å². The lowest BCUT2D eigenvalue weighted by Gasteiger charge is -2.39. The number of rotatable bonds is 6. The van der Waals surface area contributed by atoms with E-state index in [9.17, 15) is 8.42 Å². The topological polar surface area (TPSA) is 43.4 Å². The summed E-state index contributed by atoms with van der Waals surface area (Å²) in [5.41, 5.74) is 0. The van der Waals surface area contributed by atoms with Crippen molar-refractivity contribution < 1.29 is 12.0 Å². The van der Waals surface area contributed by atoms with Gasteiger partial charge in [0.15, 0.2) is 0 Å². The Kier molecular flexibility index (Phi) is 6.86. The molecule has 0 unspecified atom stereocenters. The Morgan fingerprint density at radius 3 is 1.31 bits per heavy atom. The second-order valence-corrected chi connectivity index (χ2v) is 12.4. The fourth-order valence-electron chi connectivity index (χ4n) is 3.23. The largest absolute Gasteiger partial charge is 0.308 e. The molecule has 0 spiro atoms. The molecule has 0 N–H and O–H groups in total. The smallest absolute Gasteiger partial charge is 0.203 e. The second kappa shape index (κ2) is 9.48. The summed E-state index contributed by atoms with van der Waals surface area (Å²) in [5, 5.41) is 0.156. The molecule has 0 radical (unpaired) electrons. The van der Waals surface area contributed by atoms with Gasteiger partial charge in [0.25, 0.3) is 0 Å². The van der Waals surface area contributed by atoms with E-state index in [2.05, 4.69) is 0 Å². The molecule has 0 saturated carbocycles. The number of hydrogen-bond donors (Lipinski definition) is 0. The van der Waals surface area contributed by atoms with E-state index in [4.69, 9.17) is 38.4 Å². The average molecular weight is 524 g/mol. The fourth-order valence-corrected chi connectivity index (χ4v) is 9.43. The van der Waals surface area contributed by atoms with Crippen LogP contribution in [0.25, 0.3) is 0 Å². The van der Waals surface area contributed by atoms with Gasteiger partial charge in [-0.2, -0.15) is 8.42 Å². The summed E-state index contributed by atoms with van der Waals surface area (Å²) in [7, 11) is -7.07. The first kappa shape index (κ1) is 23.2. The zero-order valence-corrected chi connectivity index (χ0v) is 20.4. The molecule has 0 atom stereocenters. The minimum absolute atomic E-state index is 0.0676. The van der Waals surface area contributed by atoms with Crippen molar-refractivity contribution in [3.63, 3.8) is 0 Å². The molecule has 0 amide bonds. The molecule has 4 aromatic carbocycles. The van der Waals surface area contributed by atoms with Crippen LogP contribution in [0.2, 0.25) is 15.1 Å². The molecule has 4 rings (SSSR count). The molecule has 164 valence electrons. The Hall–Kier alpha value is -1.99. The van der Waals surface area contributed by atoms with E-state index in [1.54, 1.807) is 0 Å². The lowest BCUT2D eigenvalue weighted by Crippen LogP contribution is -2.15. The zero-order chi connectivity index (χ0) is 22.8. The van der Waals surface area contributed by atoms with Crippen molar-refractivity contribution >= 4 is 55.2 Å². The number of hydrogen-bond acceptors (Lipinski definition) is 3. The maximum absolute atomic E-state index is 13.7. The number of benzene rings is 4. The summed E-state index contributed by atoms with van der Waals surface area (Å²) < 4.78 is 33.5. The van der Waals surface area contributed by atoms with Gasteiger partial charge in [-0.1, -0.05) is 89.4 Å². The van der Waals surface area contributed by atoms with Gasteiger partial charge in [0.05, 0.1) is 15.1 Å². The van der Waals surface area contributed by atoms with Gasteiger partial charge in [-0.3, -0.25) is 0 Å². The normalized spacial score (nSPS) is 12.5. The van der Waals surface area contributed by atoms with E-state index in [1.165, 1.54) is 12.1 Å². The van der Waals surface area contributed by atoms with E-state index in [-0.39, 0.29) is 20.0 Å². The van der Waals surface area contributed by atoms with Crippen LogP contribution in [0.4, 0.5) is 0 Å². The summed E-state index contributed by atoms with van der Waals surface area (Å²) in [6.45, 7) is 0. The highest BCUT2D eigenvalue weighted by molar-refractivity contribution is 8.33. The molecule has 4 aromatic rings. The minimum Gasteiger partial charge on any atom is -0.203 e. The fraction of sp³-hybridized carbons (Fsp3) is 0. The van der Waals surface area contributed by atoms with Gasteiger partial charge in [-0.05, 0) is 58.8 Å². The van der Waals surface area contributed by atoms with Gasteiger partial charge in [-0.25, -0.2) is 3.63 Å². The van der Waals surface area contributed by atoms with E-state index in [0.717, 1.165) is 14.7 Å². The first-order chi connectivity index (χ1) is 15.3. The molecule has 3 nitrogen and oxygen atoms in total. The minimum atomic E-state index is -4.37. The highest BCUT2D eigenvalue weighted by Crippen LogP contribution is 2.70. The summed E-state index contributed by atoms with van der Waals surface area (Å²) >= 11 is 18.4. The predicted octanol–water partition coefficient (Wildman–Crippen LogP) is 8.25. The third kappa shape index (κ3) is 4.42. The van der Waals surface area contributed by atoms with Crippen molar-refractivity contribution in [1.82, 2.24) is 0 Å². The van der Waals surface area contributed by atoms with Crippen LogP contribution in [0.3, 0.4) is 0 Å². The Morgan fingerprint density at radius 1 is 0.531 bits per heavy atom. The highest BCUT2D eigenvalue weighted by Gasteiger charge is 2.39. The van der Waals surface area contributed by atoms with Gasteiger partial charge >= 0.3 is 10.1 Å². The Labute approximate surface area is 204 Å². The van der Waals surface area contributed by atoms with E-state index in [1.807, 2.05) is 91.0 Å². The van der Waals surface area contributed by atoms with Crippen molar-refractivity contribution in [2.24, 2.45) is 0 Å². The van der Waals surface area contributed by atoms with Gasteiger partial charge in [0.1, 0.15) is 4.90 Å². The molecule has 0 heterocycles. The molecule has 0 bridgehead atoms. The molecule has 0 aliphatic carbocycles. The SMILES string of the molecule is O=S(=O)(OS(c1ccccc1)(c1ccccc1)c1ccccc1)c1cc(Cl)c(Cl)cc1Cl. The van der Waals surface area contributed by atoms with Crippen molar-refractivity contribution in [3.05, 3.63) is 118 Å². The van der Waals surface area contributed by atoms with Crippen molar-refractivity contribution in [3.8, 4) is 0 Å². The summed E-state index contributed by atoms with van der Waals surface area (Å²) in [6.07, 6.45) is 0. The molecular formula is C24H17Cl3O3S2. The quantitative estimate of drug-likeness (QED) is 0.239. The van der Waals surface area contributed by atoms with E-state index >= 15 is 0 Å². The molecule has 0 aliphatic heterocycles. The van der Waals surface area contributed by atoms with Crippen LogP contribution < -0.4 is 0 Å². The molecule has 0 aromatic heterocycles. The third-order valence-electron chi connectivity index (χ3n) is 4.66. The van der Waals surface area contributed by atoms with Crippen LogP contribution in [0.5, 0.6) is 0 Å². The predicted molar refractivity (Wildman–Crippen MR) is 131 cm³/mol. The van der Waals surface area contributed by atoms with Crippen LogP contribution in [0.15, 0.2) is 123 Å². The van der Waals surface area contributed by atoms with Gasteiger partial charge < -0.3 is 0 Å². The van der Waals surface area contributed by atoms with Crippen LogP contribution in [0, 0.1) is 0 Å². The van der Waals surface area contributed by atoms with Crippen LogP contribution >= 0.6 is 45.1 Å². The van der Waals surface area contributed by atoms with Gasteiger partial charge in [0, 0.05) is 14.7 Å². The maximum atomic E-state index is 13.7. The van der Waals surface area contributed by atoms with Gasteiger partial charge in [-0.15, -0.1) is 0 Å². The van der Waals surface area contributed by atoms with E-state index < -0.39 is 20.4 Å². The summed E-state index contributed by atoms with van der Waals surface area (Å²) in [6, 6.07) is 30.4. The van der Waals surface area contributed by atoms with Crippen LogP contribution in [0.1, 0.15) is 0 Å². The number of halogens is 3. The molecule has 0 aliphatic rings. The lowest BCUT2D eigenvalue weighted by atomic mass is 10.4. The first-order valence-electron chi connectivity index (χ1n) is 9.44. The molecule has 0 saturated heterocycles. The maximum Gasteiger partial charge on any atom is 0.308 e. The molecular weight excluding hydrogens is 507 g/mol. The first-order valence-corrected chi connectivity index (χ1v) is 13.5. The molecule has 0 fully saturated rings. The Morgan fingerprint density at radius 2 is 0.906 bits per heavy atom. The second-order valence-electron chi connectivity index (χ2n) is 6.71. The third-order valence-corrected chi connectivity index (χ3v) is 11.0. The summed E-state index contributed by atoms with van der Waals surface area (Å²) in [5.74, 6) is 0. The van der Waals surface area contributed by atoms with Crippen LogP contribution in [-0.4, -0.2) is 8.42 Å².